The van der Waals surface area contributed by atoms with Crippen LogP contribution in [0.2, 0.25) is 0 Å². The second-order valence-electron chi connectivity index (χ2n) is 6.88. The first-order chi connectivity index (χ1) is 12.5. The Balaban J connectivity index is 0.00000261. The number of carbonyl (C=O) groups excluding carboxylic acids is 1. The van der Waals surface area contributed by atoms with Gasteiger partial charge in [-0.15, -0.1) is 24.0 Å². The van der Waals surface area contributed by atoms with E-state index in [9.17, 15) is 4.79 Å². The van der Waals surface area contributed by atoms with E-state index in [0.29, 0.717) is 31.2 Å². The van der Waals surface area contributed by atoms with E-state index in [2.05, 4.69) is 36.9 Å². The Kier molecular flexibility index (Phi) is 8.81. The van der Waals surface area contributed by atoms with E-state index in [1.165, 1.54) is 6.42 Å². The van der Waals surface area contributed by atoms with E-state index in [1.54, 1.807) is 0 Å². The van der Waals surface area contributed by atoms with Crippen LogP contribution in [0.4, 0.5) is 5.69 Å². The van der Waals surface area contributed by atoms with Crippen molar-refractivity contribution in [2.45, 2.75) is 57.8 Å². The number of amides is 1. The zero-order valence-corrected chi connectivity index (χ0v) is 19.7. The van der Waals surface area contributed by atoms with Crippen molar-refractivity contribution in [3.8, 4) is 0 Å². The van der Waals surface area contributed by atoms with Crippen LogP contribution in [0.25, 0.3) is 0 Å². The van der Waals surface area contributed by atoms with Crippen molar-refractivity contribution in [2.24, 2.45) is 4.99 Å². The molecule has 0 spiro atoms. The largest absolute Gasteiger partial charge is 0.373 e. The SMILES string of the molecule is CCNC(=NCCC(=O)Nc1ccc(Br)cc1C)NC1CC2CCC1O2.I. The van der Waals surface area contributed by atoms with Crippen LogP contribution < -0.4 is 16.0 Å². The molecule has 2 bridgehead atoms. The molecule has 3 rings (SSSR count). The molecule has 2 heterocycles. The third-order valence-corrected chi connectivity index (χ3v) is 5.34. The van der Waals surface area contributed by atoms with Crippen LogP contribution in [-0.2, 0) is 9.53 Å². The van der Waals surface area contributed by atoms with Crippen LogP contribution in [0.3, 0.4) is 0 Å². The summed E-state index contributed by atoms with van der Waals surface area (Å²) in [7, 11) is 0. The highest BCUT2D eigenvalue weighted by Gasteiger charge is 2.41. The average Bonchev–Trinajstić information content (AvgIpc) is 3.20. The van der Waals surface area contributed by atoms with E-state index in [4.69, 9.17) is 4.74 Å². The van der Waals surface area contributed by atoms with Gasteiger partial charge in [0.05, 0.1) is 24.8 Å². The number of guanidine groups is 1. The number of fused-ring (bicyclic) bond motifs is 2. The van der Waals surface area contributed by atoms with Gasteiger partial charge in [-0.25, -0.2) is 0 Å². The zero-order valence-electron chi connectivity index (χ0n) is 15.8. The molecule has 0 saturated carbocycles. The summed E-state index contributed by atoms with van der Waals surface area (Å²) in [6.07, 6.45) is 4.38. The van der Waals surface area contributed by atoms with Crippen LogP contribution in [0.5, 0.6) is 0 Å². The molecule has 3 atom stereocenters. The van der Waals surface area contributed by atoms with Crippen LogP contribution in [-0.4, -0.2) is 43.2 Å². The van der Waals surface area contributed by atoms with Gasteiger partial charge in [-0.1, -0.05) is 15.9 Å². The predicted molar refractivity (Wildman–Crippen MR) is 123 cm³/mol. The molecule has 0 aromatic heterocycles. The Bertz CT molecular complexity index is 686. The Labute approximate surface area is 186 Å². The predicted octanol–water partition coefficient (Wildman–Crippen LogP) is 3.58. The highest BCUT2D eigenvalue weighted by molar-refractivity contribution is 14.0. The molecule has 0 radical (unpaired) electrons. The second kappa shape index (κ2) is 10.6. The quantitative estimate of drug-likeness (QED) is 0.287. The van der Waals surface area contributed by atoms with Crippen LogP contribution in [0, 0.1) is 6.92 Å². The number of hydrogen-bond donors (Lipinski definition) is 3. The maximum absolute atomic E-state index is 12.2. The number of ether oxygens (including phenoxy) is 1. The highest BCUT2D eigenvalue weighted by Crippen LogP contribution is 2.34. The fourth-order valence-corrected chi connectivity index (χ4v) is 4.01. The lowest BCUT2D eigenvalue weighted by molar-refractivity contribution is -0.116. The molecule has 6 nitrogen and oxygen atoms in total. The molecule has 2 aliphatic heterocycles. The van der Waals surface area contributed by atoms with Crippen molar-refractivity contribution >= 4 is 57.5 Å². The summed E-state index contributed by atoms with van der Waals surface area (Å²) in [5.74, 6) is 0.736. The van der Waals surface area contributed by atoms with Crippen molar-refractivity contribution in [3.63, 3.8) is 0 Å². The number of aliphatic imine (C=N–C) groups is 1. The number of carbonyl (C=O) groups is 1. The van der Waals surface area contributed by atoms with E-state index in [1.807, 2.05) is 32.0 Å². The molecule has 1 amide bonds. The minimum atomic E-state index is -0.0294. The lowest BCUT2D eigenvalue weighted by atomic mass is 9.96. The van der Waals surface area contributed by atoms with Crippen molar-refractivity contribution in [3.05, 3.63) is 28.2 Å². The van der Waals surface area contributed by atoms with Gasteiger partial charge in [0.1, 0.15) is 0 Å². The monoisotopic (exact) mass is 550 g/mol. The van der Waals surface area contributed by atoms with Crippen LogP contribution in [0.1, 0.15) is 38.2 Å². The number of hydrogen-bond acceptors (Lipinski definition) is 3. The summed E-state index contributed by atoms with van der Waals surface area (Å²) >= 11 is 3.43. The van der Waals surface area contributed by atoms with Crippen LogP contribution >= 0.6 is 39.9 Å². The Hall–Kier alpha value is -0.870. The zero-order chi connectivity index (χ0) is 18.5. The van der Waals surface area contributed by atoms with Crippen molar-refractivity contribution in [1.29, 1.82) is 0 Å². The molecule has 3 N–H and O–H groups in total. The van der Waals surface area contributed by atoms with Gasteiger partial charge in [0.15, 0.2) is 5.96 Å². The maximum atomic E-state index is 12.2. The Morgan fingerprint density at radius 1 is 1.37 bits per heavy atom. The summed E-state index contributed by atoms with van der Waals surface area (Å²) in [5, 5.41) is 9.67. The van der Waals surface area contributed by atoms with Gasteiger partial charge in [0, 0.05) is 23.1 Å². The Morgan fingerprint density at radius 3 is 2.81 bits per heavy atom. The normalized spacial score (nSPS) is 23.7. The van der Waals surface area contributed by atoms with E-state index < -0.39 is 0 Å². The first kappa shape index (κ1) is 22.4. The number of aryl methyl sites for hydroxylation is 1. The lowest BCUT2D eigenvalue weighted by Gasteiger charge is -2.22. The number of halogens is 2. The third kappa shape index (κ3) is 6.32. The van der Waals surface area contributed by atoms with E-state index in [0.717, 1.165) is 41.1 Å². The van der Waals surface area contributed by atoms with Gasteiger partial charge in [-0.3, -0.25) is 9.79 Å². The minimum Gasteiger partial charge on any atom is -0.373 e. The Morgan fingerprint density at radius 2 is 2.19 bits per heavy atom. The van der Waals surface area contributed by atoms with Gasteiger partial charge in [0.25, 0.3) is 0 Å². The van der Waals surface area contributed by atoms with E-state index in [-0.39, 0.29) is 29.9 Å². The third-order valence-electron chi connectivity index (χ3n) is 4.84. The second-order valence-corrected chi connectivity index (χ2v) is 7.79. The molecule has 3 unspecified atom stereocenters. The molecule has 2 aliphatic rings. The first-order valence-corrected chi connectivity index (χ1v) is 10.1. The first-order valence-electron chi connectivity index (χ1n) is 9.31. The molecule has 1 aromatic rings. The summed E-state index contributed by atoms with van der Waals surface area (Å²) < 4.78 is 6.88. The van der Waals surface area contributed by atoms with Gasteiger partial charge in [-0.05, 0) is 56.9 Å². The highest BCUT2D eigenvalue weighted by atomic mass is 127. The molecule has 8 heteroatoms. The van der Waals surface area contributed by atoms with Gasteiger partial charge in [0.2, 0.25) is 5.91 Å². The van der Waals surface area contributed by atoms with Gasteiger partial charge >= 0.3 is 0 Å². The smallest absolute Gasteiger partial charge is 0.226 e. The molecule has 2 fully saturated rings. The van der Waals surface area contributed by atoms with Crippen LogP contribution in [0.15, 0.2) is 27.7 Å². The fraction of sp³-hybridized carbons (Fsp3) is 0.579. The number of rotatable bonds is 6. The molecule has 150 valence electrons. The van der Waals surface area contributed by atoms with Gasteiger partial charge < -0.3 is 20.7 Å². The maximum Gasteiger partial charge on any atom is 0.226 e. The number of benzene rings is 1. The molecule has 0 aliphatic carbocycles. The fourth-order valence-electron chi connectivity index (χ4n) is 3.53. The van der Waals surface area contributed by atoms with E-state index >= 15 is 0 Å². The lowest BCUT2D eigenvalue weighted by Crippen LogP contribution is -2.47. The average molecular weight is 551 g/mol. The van der Waals surface area contributed by atoms with Crippen molar-refractivity contribution in [1.82, 2.24) is 10.6 Å². The summed E-state index contributed by atoms with van der Waals surface area (Å²) in [4.78, 5) is 16.7. The standard InChI is InChI=1S/C19H27BrN4O2.HI/c1-3-21-19(24-16-11-14-5-7-17(16)26-14)22-9-8-18(25)23-15-6-4-13(20)10-12(15)2;/h4,6,10,14,16-17H,3,5,7-9,11H2,1-2H3,(H,23,25)(H2,21,22,24);1H. The summed E-state index contributed by atoms with van der Waals surface area (Å²) in [6, 6.07) is 6.14. The van der Waals surface area contributed by atoms with Gasteiger partial charge in [-0.2, -0.15) is 0 Å². The molecule has 2 saturated heterocycles. The number of anilines is 1. The molecular weight excluding hydrogens is 523 g/mol. The molecule has 1 aromatic carbocycles. The molecule has 27 heavy (non-hydrogen) atoms. The minimum absolute atomic E-state index is 0. The summed E-state index contributed by atoms with van der Waals surface area (Å²) in [5.41, 5.74) is 1.87. The summed E-state index contributed by atoms with van der Waals surface area (Å²) in [6.45, 7) is 5.25. The molecular formula is C19H28BrIN4O2. The topological polar surface area (TPSA) is 74.8 Å². The van der Waals surface area contributed by atoms with Crippen molar-refractivity contribution < 1.29 is 9.53 Å². The number of nitrogens with zero attached hydrogens (tertiary/aromatic N) is 1. The number of nitrogens with one attached hydrogen (secondary N) is 3. The van der Waals surface area contributed by atoms with Crippen molar-refractivity contribution in [2.75, 3.05) is 18.4 Å².